The zero-order chi connectivity index (χ0) is 19.6. The number of benzene rings is 2. The maximum atomic E-state index is 12.6. The van der Waals surface area contributed by atoms with Crippen molar-refractivity contribution >= 4 is 34.1 Å². The average molecular weight is 388 g/mol. The summed E-state index contributed by atoms with van der Waals surface area (Å²) in [6.45, 7) is 0.480. The molecule has 2 aromatic carbocycles. The SMILES string of the molecule is COc1ccc(Cl)cc1CN(C)C(=O)Cn1ccc2cc([N+](=O)[O-])ccc21. The van der Waals surface area contributed by atoms with Gasteiger partial charge in [-0.15, -0.1) is 0 Å². The highest BCUT2D eigenvalue weighted by Crippen LogP contribution is 2.25. The second kappa shape index (κ2) is 7.67. The number of nitro groups is 1. The fraction of sp³-hybridized carbons (Fsp3) is 0.211. The molecule has 0 N–H and O–H groups in total. The van der Waals surface area contributed by atoms with Crippen LogP contribution in [0.1, 0.15) is 5.56 Å². The van der Waals surface area contributed by atoms with Gasteiger partial charge in [0.25, 0.3) is 5.69 Å². The van der Waals surface area contributed by atoms with Crippen molar-refractivity contribution in [2.75, 3.05) is 14.2 Å². The van der Waals surface area contributed by atoms with Crippen molar-refractivity contribution in [2.45, 2.75) is 13.1 Å². The Bertz CT molecular complexity index is 1020. The van der Waals surface area contributed by atoms with Gasteiger partial charge in [-0.05, 0) is 30.3 Å². The molecule has 0 atom stereocenters. The molecular formula is C19H18ClN3O4. The zero-order valence-electron chi connectivity index (χ0n) is 14.9. The number of likely N-dealkylation sites (N-methyl/N-ethyl adjacent to an activating group) is 1. The van der Waals surface area contributed by atoms with Crippen LogP contribution in [0.25, 0.3) is 10.9 Å². The number of rotatable bonds is 6. The number of fused-ring (bicyclic) bond motifs is 1. The van der Waals surface area contributed by atoms with Gasteiger partial charge in [-0.1, -0.05) is 11.6 Å². The van der Waals surface area contributed by atoms with E-state index in [2.05, 4.69) is 0 Å². The molecule has 7 nitrogen and oxygen atoms in total. The third-order valence-corrected chi connectivity index (χ3v) is 4.58. The monoisotopic (exact) mass is 387 g/mol. The van der Waals surface area contributed by atoms with Crippen LogP contribution in [0.5, 0.6) is 5.75 Å². The smallest absolute Gasteiger partial charge is 0.270 e. The number of hydrogen-bond acceptors (Lipinski definition) is 4. The largest absolute Gasteiger partial charge is 0.496 e. The molecule has 0 unspecified atom stereocenters. The van der Waals surface area contributed by atoms with Gasteiger partial charge in [-0.25, -0.2) is 0 Å². The number of carbonyl (C=O) groups is 1. The Labute approximate surface area is 160 Å². The number of carbonyl (C=O) groups excluding carboxylic acids is 1. The number of non-ortho nitro benzene ring substituents is 1. The van der Waals surface area contributed by atoms with E-state index in [-0.39, 0.29) is 18.1 Å². The van der Waals surface area contributed by atoms with Crippen LogP contribution in [-0.4, -0.2) is 34.5 Å². The summed E-state index contributed by atoms with van der Waals surface area (Å²) in [4.78, 5) is 24.7. The van der Waals surface area contributed by atoms with Crippen LogP contribution >= 0.6 is 11.6 Å². The second-order valence-corrected chi connectivity index (χ2v) is 6.59. The minimum absolute atomic E-state index is 0.0248. The van der Waals surface area contributed by atoms with Crippen molar-refractivity contribution < 1.29 is 14.5 Å². The first-order chi connectivity index (χ1) is 12.9. The van der Waals surface area contributed by atoms with Gasteiger partial charge in [-0.2, -0.15) is 0 Å². The molecule has 27 heavy (non-hydrogen) atoms. The molecule has 1 amide bonds. The second-order valence-electron chi connectivity index (χ2n) is 6.15. The van der Waals surface area contributed by atoms with Gasteiger partial charge in [0.05, 0.1) is 12.0 Å². The van der Waals surface area contributed by atoms with Crippen LogP contribution in [0.4, 0.5) is 5.69 Å². The average Bonchev–Trinajstić information content (AvgIpc) is 3.04. The van der Waals surface area contributed by atoms with Gasteiger partial charge in [0.1, 0.15) is 12.3 Å². The minimum Gasteiger partial charge on any atom is -0.496 e. The van der Waals surface area contributed by atoms with Crippen molar-refractivity contribution in [3.8, 4) is 5.75 Å². The van der Waals surface area contributed by atoms with Crippen molar-refractivity contribution in [2.24, 2.45) is 0 Å². The summed E-state index contributed by atoms with van der Waals surface area (Å²) in [5, 5.41) is 12.2. The predicted molar refractivity (Wildman–Crippen MR) is 103 cm³/mol. The molecule has 0 saturated carbocycles. The first-order valence-electron chi connectivity index (χ1n) is 8.18. The molecule has 3 rings (SSSR count). The van der Waals surface area contributed by atoms with E-state index in [0.29, 0.717) is 17.3 Å². The quantitative estimate of drug-likeness (QED) is 0.475. The maximum Gasteiger partial charge on any atom is 0.270 e. The molecule has 1 heterocycles. The lowest BCUT2D eigenvalue weighted by molar-refractivity contribution is -0.384. The minimum atomic E-state index is -0.436. The molecule has 3 aromatic rings. The Balaban J connectivity index is 1.76. The Morgan fingerprint density at radius 1 is 1.26 bits per heavy atom. The molecule has 8 heteroatoms. The first-order valence-corrected chi connectivity index (χ1v) is 8.56. The van der Waals surface area contributed by atoms with Crippen LogP contribution in [-0.2, 0) is 17.9 Å². The summed E-state index contributed by atoms with van der Waals surface area (Å²) >= 11 is 6.04. The Kier molecular flexibility index (Phi) is 5.32. The number of methoxy groups -OCH3 is 1. The van der Waals surface area contributed by atoms with Crippen LogP contribution < -0.4 is 4.74 Å². The van der Waals surface area contributed by atoms with Gasteiger partial charge in [0.2, 0.25) is 5.91 Å². The normalized spacial score (nSPS) is 10.8. The molecule has 0 fully saturated rings. The summed E-state index contributed by atoms with van der Waals surface area (Å²) in [6, 6.07) is 11.6. The summed E-state index contributed by atoms with van der Waals surface area (Å²) in [7, 11) is 3.28. The highest BCUT2D eigenvalue weighted by atomic mass is 35.5. The first kappa shape index (κ1) is 18.7. The van der Waals surface area contributed by atoms with E-state index in [9.17, 15) is 14.9 Å². The van der Waals surface area contributed by atoms with Gasteiger partial charge in [0, 0.05) is 53.4 Å². The number of amides is 1. The third kappa shape index (κ3) is 4.03. The number of nitro benzene ring substituents is 1. The van der Waals surface area contributed by atoms with E-state index < -0.39 is 4.92 Å². The van der Waals surface area contributed by atoms with Crippen molar-refractivity contribution in [1.29, 1.82) is 0 Å². The standard InChI is InChI=1S/C19H18ClN3O4/c1-21(11-14-9-15(20)3-6-18(14)27-2)19(24)12-22-8-7-13-10-16(23(25)26)4-5-17(13)22/h3-10H,11-12H2,1-2H3. The molecule has 0 spiro atoms. The summed E-state index contributed by atoms with van der Waals surface area (Å²) < 4.78 is 7.09. The summed E-state index contributed by atoms with van der Waals surface area (Å²) in [6.07, 6.45) is 1.75. The molecular weight excluding hydrogens is 370 g/mol. The highest BCUT2D eigenvalue weighted by molar-refractivity contribution is 6.30. The fourth-order valence-electron chi connectivity index (χ4n) is 2.92. The van der Waals surface area contributed by atoms with E-state index in [4.69, 9.17) is 16.3 Å². The molecule has 0 aliphatic carbocycles. The van der Waals surface area contributed by atoms with Crippen molar-refractivity contribution in [1.82, 2.24) is 9.47 Å². The molecule has 140 valence electrons. The zero-order valence-corrected chi connectivity index (χ0v) is 15.6. The van der Waals surface area contributed by atoms with E-state index in [1.165, 1.54) is 12.1 Å². The van der Waals surface area contributed by atoms with Gasteiger partial charge in [0.15, 0.2) is 0 Å². The van der Waals surface area contributed by atoms with Gasteiger partial charge >= 0.3 is 0 Å². The number of ether oxygens (including phenoxy) is 1. The fourth-order valence-corrected chi connectivity index (χ4v) is 3.11. The molecule has 0 bridgehead atoms. The van der Waals surface area contributed by atoms with E-state index in [1.54, 1.807) is 60.2 Å². The highest BCUT2D eigenvalue weighted by Gasteiger charge is 2.15. The van der Waals surface area contributed by atoms with Gasteiger partial charge < -0.3 is 14.2 Å². The summed E-state index contributed by atoms with van der Waals surface area (Å²) in [5.74, 6) is 0.561. The summed E-state index contributed by atoms with van der Waals surface area (Å²) in [5.41, 5.74) is 1.60. The lowest BCUT2D eigenvalue weighted by atomic mass is 10.2. The maximum absolute atomic E-state index is 12.6. The molecule has 1 aromatic heterocycles. The van der Waals surface area contributed by atoms with E-state index in [0.717, 1.165) is 16.5 Å². The third-order valence-electron chi connectivity index (χ3n) is 4.35. The number of aromatic nitrogens is 1. The Morgan fingerprint density at radius 3 is 2.74 bits per heavy atom. The van der Waals surface area contributed by atoms with Gasteiger partial charge in [-0.3, -0.25) is 14.9 Å². The Morgan fingerprint density at radius 2 is 2.04 bits per heavy atom. The topological polar surface area (TPSA) is 77.6 Å². The lowest BCUT2D eigenvalue weighted by Gasteiger charge is -2.19. The molecule has 0 aliphatic rings. The molecule has 0 aliphatic heterocycles. The van der Waals surface area contributed by atoms with Crippen LogP contribution in [0, 0.1) is 10.1 Å². The lowest BCUT2D eigenvalue weighted by Crippen LogP contribution is -2.29. The van der Waals surface area contributed by atoms with E-state index >= 15 is 0 Å². The molecule has 0 saturated heterocycles. The number of halogens is 1. The van der Waals surface area contributed by atoms with Crippen LogP contribution in [0.3, 0.4) is 0 Å². The predicted octanol–water partition coefficient (Wildman–Crippen LogP) is 3.87. The Hall–Kier alpha value is -3.06. The number of hydrogen-bond donors (Lipinski definition) is 0. The molecule has 0 radical (unpaired) electrons. The van der Waals surface area contributed by atoms with Crippen LogP contribution in [0.2, 0.25) is 5.02 Å². The van der Waals surface area contributed by atoms with Crippen molar-refractivity contribution in [3.05, 3.63) is 69.4 Å². The number of nitrogens with zero attached hydrogens (tertiary/aromatic N) is 3. The van der Waals surface area contributed by atoms with E-state index in [1.807, 2.05) is 0 Å². The van der Waals surface area contributed by atoms with Crippen molar-refractivity contribution in [3.63, 3.8) is 0 Å². The van der Waals surface area contributed by atoms with Crippen LogP contribution in [0.15, 0.2) is 48.7 Å².